The van der Waals surface area contributed by atoms with Crippen molar-refractivity contribution in [2.45, 2.75) is 6.92 Å². The molecule has 2 aromatic rings. The molecule has 25 heavy (non-hydrogen) atoms. The van der Waals surface area contributed by atoms with Crippen LogP contribution in [-0.2, 0) is 0 Å². The Kier molecular flexibility index (Phi) is 4.73. The van der Waals surface area contributed by atoms with Gasteiger partial charge in [-0.3, -0.25) is 25.2 Å². The van der Waals surface area contributed by atoms with Gasteiger partial charge in [0.05, 0.1) is 27.2 Å². The predicted octanol–water partition coefficient (Wildman–Crippen LogP) is 2.97. The normalized spacial score (nSPS) is 10.8. The molecule has 0 radical (unpaired) electrons. The molecule has 0 amide bonds. The first-order valence-corrected chi connectivity index (χ1v) is 6.74. The van der Waals surface area contributed by atoms with Crippen molar-refractivity contribution in [1.29, 1.82) is 0 Å². The molecule has 2 aromatic carbocycles. The van der Waals surface area contributed by atoms with Crippen molar-refractivity contribution in [3.05, 3.63) is 67.3 Å². The molecule has 0 aromatic heterocycles. The number of phenols is 1. The Morgan fingerprint density at radius 3 is 2.40 bits per heavy atom. The largest absolute Gasteiger partial charge is 0.502 e. The molecule has 2 N–H and O–H groups in total. The van der Waals surface area contributed by atoms with Gasteiger partial charge in [-0.1, -0.05) is 6.07 Å². The second-order valence-electron chi connectivity index (χ2n) is 4.98. The number of carboxylic acids is 1. The summed E-state index contributed by atoms with van der Waals surface area (Å²) in [5.41, 5.74) is -0.809. The molecular weight excluding hydrogens is 334 g/mol. The van der Waals surface area contributed by atoms with Gasteiger partial charge in [0, 0.05) is 17.8 Å². The lowest BCUT2D eigenvalue weighted by Gasteiger charge is -2.03. The van der Waals surface area contributed by atoms with Crippen LogP contribution in [0.3, 0.4) is 0 Å². The quantitative estimate of drug-likeness (QED) is 0.479. The number of hydrogen-bond donors (Lipinski definition) is 2. The monoisotopic (exact) mass is 345 g/mol. The average molecular weight is 345 g/mol. The smallest absolute Gasteiger partial charge is 0.335 e. The van der Waals surface area contributed by atoms with E-state index in [0.717, 1.165) is 12.3 Å². The highest BCUT2D eigenvalue weighted by Crippen LogP contribution is 2.33. The lowest BCUT2D eigenvalue weighted by molar-refractivity contribution is -0.394. The molecule has 0 heterocycles. The first-order valence-electron chi connectivity index (χ1n) is 6.74. The van der Waals surface area contributed by atoms with E-state index in [0.29, 0.717) is 11.6 Å². The Labute approximate surface area is 140 Å². The minimum atomic E-state index is -1.16. The lowest BCUT2D eigenvalue weighted by atomic mass is 10.1. The van der Waals surface area contributed by atoms with Gasteiger partial charge in [-0.15, -0.1) is 0 Å². The minimum absolute atomic E-state index is 0.0213. The fraction of sp³-hybridized carbons (Fsp3) is 0.0667. The topological polar surface area (TPSA) is 156 Å². The van der Waals surface area contributed by atoms with Gasteiger partial charge in [-0.25, -0.2) is 4.79 Å². The Morgan fingerprint density at radius 2 is 1.84 bits per heavy atom. The number of aromatic hydroxyl groups is 1. The van der Waals surface area contributed by atoms with E-state index in [1.165, 1.54) is 18.2 Å². The number of aliphatic imine (C=N–C) groups is 1. The van der Waals surface area contributed by atoms with Crippen molar-refractivity contribution in [2.24, 2.45) is 4.99 Å². The van der Waals surface area contributed by atoms with Crippen LogP contribution < -0.4 is 0 Å². The Bertz CT molecular complexity index is 922. The van der Waals surface area contributed by atoms with Crippen LogP contribution in [0.25, 0.3) is 0 Å². The third-order valence-electron chi connectivity index (χ3n) is 3.31. The first kappa shape index (κ1) is 17.5. The highest BCUT2D eigenvalue weighted by molar-refractivity contribution is 5.91. The second kappa shape index (κ2) is 6.74. The molecule has 0 saturated carbocycles. The van der Waals surface area contributed by atoms with Crippen LogP contribution >= 0.6 is 0 Å². The predicted molar refractivity (Wildman–Crippen MR) is 86.8 cm³/mol. The molecule has 0 aliphatic carbocycles. The molecule has 0 bridgehead atoms. The minimum Gasteiger partial charge on any atom is -0.502 e. The summed E-state index contributed by atoms with van der Waals surface area (Å²) >= 11 is 0. The number of nitro groups is 2. The van der Waals surface area contributed by atoms with Crippen molar-refractivity contribution in [3.63, 3.8) is 0 Å². The zero-order chi connectivity index (χ0) is 18.7. The van der Waals surface area contributed by atoms with Gasteiger partial charge in [0.2, 0.25) is 5.75 Å². The number of non-ortho nitro benzene ring substituents is 1. The van der Waals surface area contributed by atoms with Gasteiger partial charge in [0.25, 0.3) is 5.69 Å². The first-order chi connectivity index (χ1) is 11.7. The van der Waals surface area contributed by atoms with Crippen molar-refractivity contribution >= 4 is 29.2 Å². The number of carbonyl (C=O) groups is 1. The number of rotatable bonds is 5. The van der Waals surface area contributed by atoms with E-state index in [-0.39, 0.29) is 16.8 Å². The summed E-state index contributed by atoms with van der Waals surface area (Å²) < 4.78 is 0. The number of benzene rings is 2. The Morgan fingerprint density at radius 1 is 1.16 bits per heavy atom. The SMILES string of the molecule is Cc1ccc(C(=O)O)cc1N=Cc1cc([N+](=O)[O-])cc([N+](=O)[O-])c1O. The molecule has 128 valence electrons. The van der Waals surface area contributed by atoms with E-state index in [9.17, 15) is 30.1 Å². The van der Waals surface area contributed by atoms with Crippen LogP contribution in [0.4, 0.5) is 17.1 Å². The average Bonchev–Trinajstić information content (AvgIpc) is 2.54. The van der Waals surface area contributed by atoms with Gasteiger partial charge >= 0.3 is 11.7 Å². The van der Waals surface area contributed by atoms with Crippen molar-refractivity contribution in [1.82, 2.24) is 0 Å². The molecule has 0 aliphatic rings. The Balaban J connectivity index is 2.54. The van der Waals surface area contributed by atoms with E-state index in [1.54, 1.807) is 6.92 Å². The van der Waals surface area contributed by atoms with Crippen LogP contribution in [0.5, 0.6) is 5.75 Å². The van der Waals surface area contributed by atoms with Gasteiger partial charge < -0.3 is 10.2 Å². The maximum atomic E-state index is 11.0. The van der Waals surface area contributed by atoms with Gasteiger partial charge in [-0.2, -0.15) is 0 Å². The van der Waals surface area contributed by atoms with Crippen LogP contribution in [0.2, 0.25) is 0 Å². The highest BCUT2D eigenvalue weighted by atomic mass is 16.6. The van der Waals surface area contributed by atoms with E-state index in [4.69, 9.17) is 5.11 Å². The highest BCUT2D eigenvalue weighted by Gasteiger charge is 2.23. The summed E-state index contributed by atoms with van der Waals surface area (Å²) in [5.74, 6) is -1.93. The molecule has 0 spiro atoms. The summed E-state index contributed by atoms with van der Waals surface area (Å²) in [6, 6.07) is 5.75. The van der Waals surface area contributed by atoms with Crippen LogP contribution in [0, 0.1) is 27.2 Å². The van der Waals surface area contributed by atoms with E-state index in [2.05, 4.69) is 4.99 Å². The van der Waals surface area contributed by atoms with Crippen LogP contribution in [0.15, 0.2) is 35.3 Å². The summed E-state index contributed by atoms with van der Waals surface area (Å²) in [6.45, 7) is 1.66. The molecule has 0 atom stereocenters. The fourth-order valence-electron chi connectivity index (χ4n) is 1.99. The summed E-state index contributed by atoms with van der Waals surface area (Å²) in [4.78, 5) is 35.0. The number of phenolic OH excluding ortho intramolecular Hbond substituents is 1. The zero-order valence-corrected chi connectivity index (χ0v) is 12.7. The molecule has 10 nitrogen and oxygen atoms in total. The van der Waals surface area contributed by atoms with Gasteiger partial charge in [0.1, 0.15) is 0 Å². The van der Waals surface area contributed by atoms with E-state index in [1.807, 2.05) is 0 Å². The number of aryl methyl sites for hydroxylation is 1. The van der Waals surface area contributed by atoms with Gasteiger partial charge in [0.15, 0.2) is 0 Å². The number of carboxylic acid groups (broad SMARTS) is 1. The molecule has 10 heteroatoms. The third kappa shape index (κ3) is 3.75. The Hall–Kier alpha value is -3.82. The van der Waals surface area contributed by atoms with Crippen molar-refractivity contribution < 1.29 is 24.9 Å². The number of hydrogen-bond acceptors (Lipinski definition) is 7. The van der Waals surface area contributed by atoms with Crippen LogP contribution in [-0.4, -0.2) is 32.2 Å². The zero-order valence-electron chi connectivity index (χ0n) is 12.7. The fourth-order valence-corrected chi connectivity index (χ4v) is 1.99. The standard InChI is InChI=1S/C15H11N3O7/c1-8-2-3-9(15(20)21)5-12(8)16-7-10-4-11(17(22)23)6-13(14(10)19)18(24)25/h2-7,19H,1H3,(H,20,21). The number of nitrogens with zero attached hydrogens (tertiary/aromatic N) is 3. The van der Waals surface area contributed by atoms with Crippen LogP contribution in [0.1, 0.15) is 21.5 Å². The number of aromatic carboxylic acids is 1. The van der Waals surface area contributed by atoms with Crippen molar-refractivity contribution in [3.8, 4) is 5.75 Å². The summed E-state index contributed by atoms with van der Waals surface area (Å²) in [7, 11) is 0. The maximum absolute atomic E-state index is 11.0. The summed E-state index contributed by atoms with van der Waals surface area (Å²) in [6.07, 6.45) is 1.00. The second-order valence-corrected chi connectivity index (χ2v) is 4.98. The maximum Gasteiger partial charge on any atom is 0.335 e. The number of nitro benzene ring substituents is 2. The molecule has 0 fully saturated rings. The third-order valence-corrected chi connectivity index (χ3v) is 3.31. The lowest BCUT2D eigenvalue weighted by Crippen LogP contribution is -1.97. The summed E-state index contributed by atoms with van der Waals surface area (Å²) in [5, 5.41) is 40.7. The van der Waals surface area contributed by atoms with E-state index < -0.39 is 32.9 Å². The molecule has 2 rings (SSSR count). The van der Waals surface area contributed by atoms with Crippen molar-refractivity contribution in [2.75, 3.05) is 0 Å². The molecule has 0 aliphatic heterocycles. The molecule has 0 saturated heterocycles. The molecular formula is C15H11N3O7. The van der Waals surface area contributed by atoms with E-state index >= 15 is 0 Å². The van der Waals surface area contributed by atoms with Gasteiger partial charge in [-0.05, 0) is 24.6 Å². The molecule has 0 unspecified atom stereocenters.